The summed E-state index contributed by atoms with van der Waals surface area (Å²) in [7, 11) is 0. The van der Waals surface area contributed by atoms with Crippen LogP contribution in [0, 0.1) is 5.92 Å². The molecule has 0 bridgehead atoms. The Morgan fingerprint density at radius 2 is 2.10 bits per heavy atom. The monoisotopic (exact) mass is 302 g/mol. The molecule has 2 rings (SSSR count). The van der Waals surface area contributed by atoms with Crippen molar-refractivity contribution in [3.8, 4) is 0 Å². The molecule has 1 unspecified atom stereocenters. The molecule has 21 heavy (non-hydrogen) atoms. The van der Waals surface area contributed by atoms with Gasteiger partial charge in [-0.1, -0.05) is 13.8 Å². The normalized spacial score (nSPS) is 19.4. The first kappa shape index (κ1) is 15.9. The summed E-state index contributed by atoms with van der Waals surface area (Å²) in [5.74, 6) is 0.778. The van der Waals surface area contributed by atoms with Crippen molar-refractivity contribution < 1.29 is 13.2 Å². The number of alkyl halides is 3. The largest absolute Gasteiger partial charge is 0.433 e. The molecule has 0 amide bonds. The topological polar surface area (TPSA) is 41.1 Å². The molecule has 2 heterocycles. The highest BCUT2D eigenvalue weighted by Gasteiger charge is 2.36. The van der Waals surface area contributed by atoms with Gasteiger partial charge in [0.1, 0.15) is 5.82 Å². The van der Waals surface area contributed by atoms with Crippen LogP contribution in [0.3, 0.4) is 0 Å². The van der Waals surface area contributed by atoms with E-state index < -0.39 is 11.9 Å². The van der Waals surface area contributed by atoms with Crippen molar-refractivity contribution in [1.29, 1.82) is 0 Å². The molecule has 1 atom stereocenters. The minimum Gasteiger partial charge on any atom is -0.354 e. The number of hydrogen-bond acceptors (Lipinski definition) is 4. The van der Waals surface area contributed by atoms with Gasteiger partial charge in [0, 0.05) is 25.2 Å². The Kier molecular flexibility index (Phi) is 4.58. The molecule has 0 radical (unpaired) electrons. The van der Waals surface area contributed by atoms with Gasteiger partial charge < -0.3 is 10.2 Å². The van der Waals surface area contributed by atoms with Crippen LogP contribution in [-0.4, -0.2) is 29.1 Å². The van der Waals surface area contributed by atoms with Crippen LogP contribution in [-0.2, 0) is 6.18 Å². The van der Waals surface area contributed by atoms with Crippen LogP contribution in [0.15, 0.2) is 6.07 Å². The van der Waals surface area contributed by atoms with Crippen molar-refractivity contribution >= 4 is 11.8 Å². The minimum absolute atomic E-state index is 0.0386. The van der Waals surface area contributed by atoms with Crippen LogP contribution in [0.4, 0.5) is 24.9 Å². The molecule has 1 aromatic rings. The molecule has 1 aliphatic heterocycles. The van der Waals surface area contributed by atoms with Gasteiger partial charge in [0.05, 0.1) is 0 Å². The molecule has 1 N–H and O–H groups in total. The molecule has 0 aliphatic carbocycles. The van der Waals surface area contributed by atoms with Gasteiger partial charge in [-0.05, 0) is 25.7 Å². The predicted molar refractivity (Wildman–Crippen MR) is 76.4 cm³/mol. The summed E-state index contributed by atoms with van der Waals surface area (Å²) in [6, 6.07) is 1.29. The predicted octanol–water partition coefficient (Wildman–Crippen LogP) is 3.55. The maximum atomic E-state index is 13.0. The Balaban J connectivity index is 2.40. The maximum absolute atomic E-state index is 13.0. The molecule has 4 nitrogen and oxygen atoms in total. The van der Waals surface area contributed by atoms with E-state index in [1.807, 2.05) is 4.90 Å². The molecule has 1 aromatic heterocycles. The number of halogens is 3. The van der Waals surface area contributed by atoms with Crippen molar-refractivity contribution in [1.82, 2.24) is 9.97 Å². The van der Waals surface area contributed by atoms with E-state index in [0.29, 0.717) is 18.3 Å². The standard InChI is InChI=1S/C14H21F3N4/c1-4-18-13-19-11(14(15,16)17)8-12(20-13)21-7-5-6-10(21)9(2)3/h8-10H,4-7H2,1-3H3,(H,18,19,20). The average Bonchev–Trinajstić information content (AvgIpc) is 2.87. The molecule has 0 spiro atoms. The zero-order chi connectivity index (χ0) is 15.6. The fraction of sp³-hybridized carbons (Fsp3) is 0.714. The third kappa shape index (κ3) is 3.57. The van der Waals surface area contributed by atoms with Crippen LogP contribution in [0.2, 0.25) is 0 Å². The summed E-state index contributed by atoms with van der Waals surface area (Å²) in [6.07, 6.45) is -2.50. The lowest BCUT2D eigenvalue weighted by Gasteiger charge is -2.29. The van der Waals surface area contributed by atoms with Gasteiger partial charge in [0.25, 0.3) is 0 Å². The molecule has 0 aromatic carbocycles. The average molecular weight is 302 g/mol. The molecule has 7 heteroatoms. The Morgan fingerprint density at radius 3 is 2.67 bits per heavy atom. The minimum atomic E-state index is -4.46. The Morgan fingerprint density at radius 1 is 1.38 bits per heavy atom. The number of anilines is 2. The Hall–Kier alpha value is -1.53. The number of hydrogen-bond donors (Lipinski definition) is 1. The van der Waals surface area contributed by atoms with Crippen molar-refractivity contribution in [3.63, 3.8) is 0 Å². The quantitative estimate of drug-likeness (QED) is 0.923. The number of nitrogens with one attached hydrogen (secondary N) is 1. The van der Waals surface area contributed by atoms with Crippen molar-refractivity contribution in [2.75, 3.05) is 23.3 Å². The first-order valence-electron chi connectivity index (χ1n) is 7.29. The molecule has 0 saturated carbocycles. The fourth-order valence-electron chi connectivity index (χ4n) is 2.73. The molecule has 1 fully saturated rings. The lowest BCUT2D eigenvalue weighted by molar-refractivity contribution is -0.141. The van der Waals surface area contributed by atoms with E-state index in [9.17, 15) is 13.2 Å². The zero-order valence-corrected chi connectivity index (χ0v) is 12.5. The SMILES string of the molecule is CCNc1nc(N2CCCC2C(C)C)cc(C(F)(F)F)n1. The van der Waals surface area contributed by atoms with E-state index in [0.717, 1.165) is 25.5 Å². The Labute approximate surface area is 122 Å². The van der Waals surface area contributed by atoms with Gasteiger partial charge in [-0.2, -0.15) is 18.2 Å². The van der Waals surface area contributed by atoms with Crippen LogP contribution >= 0.6 is 0 Å². The molecule has 118 valence electrons. The second kappa shape index (κ2) is 6.07. The van der Waals surface area contributed by atoms with Crippen LogP contribution < -0.4 is 10.2 Å². The second-order valence-corrected chi connectivity index (χ2v) is 5.61. The Bertz CT molecular complexity index is 488. The first-order valence-corrected chi connectivity index (χ1v) is 7.29. The summed E-state index contributed by atoms with van der Waals surface area (Å²) >= 11 is 0. The van der Waals surface area contributed by atoms with Gasteiger partial charge in [-0.3, -0.25) is 0 Å². The lowest BCUT2D eigenvalue weighted by Crippen LogP contribution is -2.34. The second-order valence-electron chi connectivity index (χ2n) is 5.61. The third-order valence-corrected chi connectivity index (χ3v) is 3.70. The number of aromatic nitrogens is 2. The highest BCUT2D eigenvalue weighted by molar-refractivity contribution is 5.47. The van der Waals surface area contributed by atoms with E-state index >= 15 is 0 Å². The molecular weight excluding hydrogens is 281 g/mol. The summed E-state index contributed by atoms with van der Waals surface area (Å²) < 4.78 is 39.0. The third-order valence-electron chi connectivity index (χ3n) is 3.70. The van der Waals surface area contributed by atoms with Crippen molar-refractivity contribution in [2.24, 2.45) is 5.92 Å². The summed E-state index contributed by atoms with van der Waals surface area (Å²) in [6.45, 7) is 7.19. The summed E-state index contributed by atoms with van der Waals surface area (Å²) in [4.78, 5) is 9.79. The first-order chi connectivity index (χ1) is 9.82. The van der Waals surface area contributed by atoms with E-state index in [2.05, 4.69) is 29.1 Å². The van der Waals surface area contributed by atoms with Gasteiger partial charge in [-0.15, -0.1) is 0 Å². The molecule has 1 saturated heterocycles. The van der Waals surface area contributed by atoms with Gasteiger partial charge in [-0.25, -0.2) is 4.98 Å². The van der Waals surface area contributed by atoms with Crippen LogP contribution in [0.25, 0.3) is 0 Å². The van der Waals surface area contributed by atoms with Crippen molar-refractivity contribution in [2.45, 2.75) is 45.8 Å². The van der Waals surface area contributed by atoms with Crippen LogP contribution in [0.5, 0.6) is 0 Å². The zero-order valence-electron chi connectivity index (χ0n) is 12.5. The molecule has 1 aliphatic rings. The number of nitrogens with zero attached hydrogens (tertiary/aromatic N) is 3. The highest BCUT2D eigenvalue weighted by Crippen LogP contribution is 2.34. The summed E-state index contributed by atoms with van der Waals surface area (Å²) in [5, 5.41) is 2.78. The van der Waals surface area contributed by atoms with E-state index in [1.54, 1.807) is 6.92 Å². The van der Waals surface area contributed by atoms with Gasteiger partial charge in [0.2, 0.25) is 5.95 Å². The summed E-state index contributed by atoms with van der Waals surface area (Å²) in [5.41, 5.74) is -0.891. The van der Waals surface area contributed by atoms with Gasteiger partial charge >= 0.3 is 6.18 Å². The van der Waals surface area contributed by atoms with Crippen LogP contribution in [0.1, 0.15) is 39.3 Å². The highest BCUT2D eigenvalue weighted by atomic mass is 19.4. The number of rotatable bonds is 4. The smallest absolute Gasteiger partial charge is 0.354 e. The van der Waals surface area contributed by atoms with E-state index in [1.165, 1.54) is 0 Å². The molecular formula is C14H21F3N4. The van der Waals surface area contributed by atoms with E-state index in [-0.39, 0.29) is 12.0 Å². The maximum Gasteiger partial charge on any atom is 0.433 e. The van der Waals surface area contributed by atoms with Gasteiger partial charge in [0.15, 0.2) is 5.69 Å². The lowest BCUT2D eigenvalue weighted by atomic mass is 10.0. The fourth-order valence-corrected chi connectivity index (χ4v) is 2.73. The van der Waals surface area contributed by atoms with Crippen molar-refractivity contribution in [3.05, 3.63) is 11.8 Å². The van der Waals surface area contributed by atoms with E-state index in [4.69, 9.17) is 0 Å².